The number of fused-ring (bicyclic) bond motifs is 1. The van der Waals surface area contributed by atoms with Gasteiger partial charge in [-0.15, -0.1) is 0 Å². The smallest absolute Gasteiger partial charge is 0.190 e. The number of aryl methyl sites for hydroxylation is 1. The lowest BCUT2D eigenvalue weighted by molar-refractivity contribution is 1.44. The van der Waals surface area contributed by atoms with Gasteiger partial charge in [0.25, 0.3) is 0 Å². The minimum atomic E-state index is 0.716. The summed E-state index contributed by atoms with van der Waals surface area (Å²) in [7, 11) is 0. The summed E-state index contributed by atoms with van der Waals surface area (Å²) in [5, 5.41) is 1.07. The summed E-state index contributed by atoms with van der Waals surface area (Å²) in [5.41, 5.74) is 2.79. The summed E-state index contributed by atoms with van der Waals surface area (Å²) in [6.07, 6.45) is 1.89. The highest BCUT2D eigenvalue weighted by molar-refractivity contribution is 9.10. The average molecular weight is 235 g/mol. The number of rotatable bonds is 0. The highest BCUT2D eigenvalue weighted by Crippen LogP contribution is 2.30. The molecular formula is C10H7BrN2. The van der Waals surface area contributed by atoms with E-state index in [4.69, 9.17) is 6.57 Å². The first-order chi connectivity index (χ1) is 6.22. The molecule has 1 aromatic heterocycles. The Labute approximate surface area is 84.5 Å². The van der Waals surface area contributed by atoms with E-state index in [0.29, 0.717) is 5.69 Å². The SMILES string of the molecule is [C-]#[N+]c1cc2c(Br)c[nH]c2cc1C. The number of aromatic amines is 1. The molecule has 0 bridgehead atoms. The Morgan fingerprint density at radius 1 is 1.46 bits per heavy atom. The van der Waals surface area contributed by atoms with Crippen LogP contribution in [0.1, 0.15) is 5.56 Å². The van der Waals surface area contributed by atoms with Crippen molar-refractivity contribution in [3.8, 4) is 0 Å². The zero-order valence-corrected chi connectivity index (χ0v) is 8.64. The third kappa shape index (κ3) is 1.24. The fraction of sp³-hybridized carbons (Fsp3) is 0.100. The molecule has 0 unspecified atom stereocenters. The molecule has 13 heavy (non-hydrogen) atoms. The number of hydrogen-bond donors (Lipinski definition) is 1. The molecule has 2 nitrogen and oxygen atoms in total. The van der Waals surface area contributed by atoms with E-state index in [1.165, 1.54) is 0 Å². The molecule has 0 saturated heterocycles. The number of halogens is 1. The molecule has 0 aliphatic heterocycles. The van der Waals surface area contributed by atoms with Gasteiger partial charge >= 0.3 is 0 Å². The summed E-state index contributed by atoms with van der Waals surface area (Å²) in [6, 6.07) is 3.89. The molecule has 2 rings (SSSR count). The predicted molar refractivity (Wildman–Crippen MR) is 57.0 cm³/mol. The molecule has 3 heteroatoms. The Balaban J connectivity index is 2.86. The van der Waals surface area contributed by atoms with E-state index < -0.39 is 0 Å². The van der Waals surface area contributed by atoms with Crippen LogP contribution in [0.4, 0.5) is 5.69 Å². The van der Waals surface area contributed by atoms with Gasteiger partial charge in [0.05, 0.1) is 6.57 Å². The van der Waals surface area contributed by atoms with Crippen molar-refractivity contribution < 1.29 is 0 Å². The van der Waals surface area contributed by atoms with Crippen LogP contribution in [0.15, 0.2) is 22.8 Å². The number of hydrogen-bond acceptors (Lipinski definition) is 0. The van der Waals surface area contributed by atoms with E-state index in [1.807, 2.05) is 25.3 Å². The highest BCUT2D eigenvalue weighted by atomic mass is 79.9. The van der Waals surface area contributed by atoms with Crippen molar-refractivity contribution in [2.24, 2.45) is 0 Å². The second kappa shape index (κ2) is 2.90. The minimum Gasteiger partial charge on any atom is -0.360 e. The summed E-state index contributed by atoms with van der Waals surface area (Å²) in [5.74, 6) is 0. The van der Waals surface area contributed by atoms with Crippen LogP contribution < -0.4 is 0 Å². The van der Waals surface area contributed by atoms with Gasteiger partial charge in [-0.25, -0.2) is 4.85 Å². The lowest BCUT2D eigenvalue weighted by Gasteiger charge is -1.97. The Bertz CT molecular complexity index is 505. The fourth-order valence-electron chi connectivity index (χ4n) is 1.35. The molecule has 1 aromatic carbocycles. The zero-order chi connectivity index (χ0) is 9.42. The van der Waals surface area contributed by atoms with Crippen molar-refractivity contribution in [1.29, 1.82) is 0 Å². The quantitative estimate of drug-likeness (QED) is 0.670. The predicted octanol–water partition coefficient (Wildman–Crippen LogP) is 3.79. The van der Waals surface area contributed by atoms with Gasteiger partial charge in [0.15, 0.2) is 5.69 Å². The molecule has 0 saturated carbocycles. The molecule has 0 spiro atoms. The van der Waals surface area contributed by atoms with E-state index in [9.17, 15) is 0 Å². The molecule has 0 atom stereocenters. The van der Waals surface area contributed by atoms with Crippen molar-refractivity contribution in [2.45, 2.75) is 6.92 Å². The molecule has 1 N–H and O–H groups in total. The normalized spacial score (nSPS) is 10.2. The van der Waals surface area contributed by atoms with Crippen LogP contribution in [-0.2, 0) is 0 Å². The van der Waals surface area contributed by atoms with Gasteiger partial charge in [-0.05, 0) is 40.5 Å². The molecule has 0 radical (unpaired) electrons. The third-order valence-electron chi connectivity index (χ3n) is 2.07. The van der Waals surface area contributed by atoms with Crippen LogP contribution in [0.25, 0.3) is 15.7 Å². The topological polar surface area (TPSA) is 20.1 Å². The maximum absolute atomic E-state index is 6.98. The van der Waals surface area contributed by atoms with Crippen molar-refractivity contribution in [3.05, 3.63) is 39.8 Å². The number of aromatic nitrogens is 1. The van der Waals surface area contributed by atoms with Crippen molar-refractivity contribution in [3.63, 3.8) is 0 Å². The zero-order valence-electron chi connectivity index (χ0n) is 7.06. The number of nitrogens with zero attached hydrogens (tertiary/aromatic N) is 1. The van der Waals surface area contributed by atoms with E-state index in [1.54, 1.807) is 0 Å². The molecule has 2 aromatic rings. The fourth-order valence-corrected chi connectivity index (χ4v) is 1.80. The maximum Gasteiger partial charge on any atom is 0.190 e. The van der Waals surface area contributed by atoms with Gasteiger partial charge in [-0.1, -0.05) is 0 Å². The van der Waals surface area contributed by atoms with Crippen LogP contribution >= 0.6 is 15.9 Å². The van der Waals surface area contributed by atoms with Gasteiger partial charge in [0.2, 0.25) is 0 Å². The number of nitrogens with one attached hydrogen (secondary N) is 1. The van der Waals surface area contributed by atoms with Crippen LogP contribution in [0.2, 0.25) is 0 Å². The van der Waals surface area contributed by atoms with E-state index in [0.717, 1.165) is 20.9 Å². The molecule has 0 aliphatic rings. The Morgan fingerprint density at radius 2 is 2.23 bits per heavy atom. The second-order valence-electron chi connectivity index (χ2n) is 2.93. The molecule has 0 fully saturated rings. The number of H-pyrrole nitrogens is 1. The van der Waals surface area contributed by atoms with E-state index >= 15 is 0 Å². The molecule has 0 aliphatic carbocycles. The maximum atomic E-state index is 6.98. The Hall–Kier alpha value is -1.27. The van der Waals surface area contributed by atoms with Gasteiger partial charge in [0, 0.05) is 21.6 Å². The third-order valence-corrected chi connectivity index (χ3v) is 2.72. The first-order valence-electron chi connectivity index (χ1n) is 3.87. The van der Waals surface area contributed by atoms with Crippen molar-refractivity contribution in [2.75, 3.05) is 0 Å². The molecule has 64 valence electrons. The number of benzene rings is 1. The molecular weight excluding hydrogens is 228 g/mol. The van der Waals surface area contributed by atoms with Crippen LogP contribution in [0.5, 0.6) is 0 Å². The van der Waals surface area contributed by atoms with Gasteiger partial charge in [-0.2, -0.15) is 0 Å². The lowest BCUT2D eigenvalue weighted by atomic mass is 10.1. The summed E-state index contributed by atoms with van der Waals surface area (Å²) in [6.45, 7) is 8.93. The lowest BCUT2D eigenvalue weighted by Crippen LogP contribution is -1.73. The first kappa shape index (κ1) is 8.33. The Kier molecular flexibility index (Phi) is 1.86. The molecule has 1 heterocycles. The van der Waals surface area contributed by atoms with Crippen molar-refractivity contribution in [1.82, 2.24) is 4.98 Å². The van der Waals surface area contributed by atoms with Crippen LogP contribution in [0, 0.1) is 13.5 Å². The van der Waals surface area contributed by atoms with Gasteiger partial charge < -0.3 is 4.98 Å². The van der Waals surface area contributed by atoms with Crippen LogP contribution in [-0.4, -0.2) is 4.98 Å². The summed E-state index contributed by atoms with van der Waals surface area (Å²) in [4.78, 5) is 6.59. The second-order valence-corrected chi connectivity index (χ2v) is 3.79. The summed E-state index contributed by atoms with van der Waals surface area (Å²) >= 11 is 3.42. The van der Waals surface area contributed by atoms with Gasteiger partial charge in [-0.3, -0.25) is 0 Å². The monoisotopic (exact) mass is 234 g/mol. The van der Waals surface area contributed by atoms with E-state index in [2.05, 4.69) is 25.8 Å². The van der Waals surface area contributed by atoms with E-state index in [-0.39, 0.29) is 0 Å². The highest BCUT2D eigenvalue weighted by Gasteiger charge is 2.04. The Morgan fingerprint density at radius 3 is 2.92 bits per heavy atom. The largest absolute Gasteiger partial charge is 0.360 e. The van der Waals surface area contributed by atoms with Gasteiger partial charge in [0.1, 0.15) is 0 Å². The van der Waals surface area contributed by atoms with Crippen molar-refractivity contribution >= 4 is 32.5 Å². The standard InChI is InChI=1S/C10H7BrN2/c1-6-3-10-7(4-9(6)12-2)8(11)5-13-10/h3-5,13H,1H3. The van der Waals surface area contributed by atoms with Crippen LogP contribution in [0.3, 0.4) is 0 Å². The summed E-state index contributed by atoms with van der Waals surface area (Å²) < 4.78 is 1.01. The molecule has 0 amide bonds. The first-order valence-corrected chi connectivity index (χ1v) is 4.66. The minimum absolute atomic E-state index is 0.716. The average Bonchev–Trinajstić information content (AvgIpc) is 2.46.